The lowest BCUT2D eigenvalue weighted by Crippen LogP contribution is -2.48. The predicted molar refractivity (Wildman–Crippen MR) is 75.3 cm³/mol. The molecule has 2 heterocycles. The molecule has 0 aromatic carbocycles. The van der Waals surface area contributed by atoms with Gasteiger partial charge in [0.25, 0.3) is 0 Å². The van der Waals surface area contributed by atoms with Crippen LogP contribution in [0.15, 0.2) is 6.07 Å². The van der Waals surface area contributed by atoms with E-state index in [4.69, 9.17) is 0 Å². The zero-order valence-corrected chi connectivity index (χ0v) is 12.2. The topological polar surface area (TPSA) is 49.3 Å². The number of anilines is 1. The second kappa shape index (κ2) is 5.55. The van der Waals surface area contributed by atoms with Crippen molar-refractivity contribution in [3.8, 4) is 0 Å². The van der Waals surface area contributed by atoms with E-state index in [0.717, 1.165) is 43.5 Å². The zero-order valence-electron chi connectivity index (χ0n) is 12.2. The summed E-state index contributed by atoms with van der Waals surface area (Å²) in [6.45, 7) is 11.1. The largest absolute Gasteiger partial charge is 0.353 e. The fraction of sp³-hybridized carbons (Fsp3) is 0.643. The molecule has 0 radical (unpaired) electrons. The number of carbonyl (C=O) groups excluding carboxylic acids is 1. The van der Waals surface area contributed by atoms with Crippen molar-refractivity contribution in [2.75, 3.05) is 31.1 Å². The van der Waals surface area contributed by atoms with Crippen LogP contribution in [0.4, 0.5) is 5.82 Å². The lowest BCUT2D eigenvalue weighted by Gasteiger charge is -2.35. The molecule has 2 rings (SSSR count). The summed E-state index contributed by atoms with van der Waals surface area (Å²) >= 11 is 0. The second-order valence-corrected chi connectivity index (χ2v) is 5.37. The Kier molecular flexibility index (Phi) is 4.02. The first-order valence-corrected chi connectivity index (χ1v) is 6.83. The first kappa shape index (κ1) is 13.8. The summed E-state index contributed by atoms with van der Waals surface area (Å²) < 4.78 is 0. The number of carbonyl (C=O) groups is 1. The molecule has 0 unspecified atom stereocenters. The third-order valence-corrected chi connectivity index (χ3v) is 3.42. The summed E-state index contributed by atoms with van der Waals surface area (Å²) in [7, 11) is 0. The summed E-state index contributed by atoms with van der Waals surface area (Å²) in [6.07, 6.45) is 0. The molecular weight excluding hydrogens is 240 g/mol. The summed E-state index contributed by atoms with van der Waals surface area (Å²) in [5, 5.41) is 0. The second-order valence-electron chi connectivity index (χ2n) is 5.37. The van der Waals surface area contributed by atoms with Crippen molar-refractivity contribution in [1.29, 1.82) is 0 Å². The normalized spacial score (nSPS) is 16.1. The molecule has 1 fully saturated rings. The molecule has 1 aromatic rings. The minimum absolute atomic E-state index is 0.154. The van der Waals surface area contributed by atoms with E-state index in [1.165, 1.54) is 0 Å². The van der Waals surface area contributed by atoms with Gasteiger partial charge < -0.3 is 9.80 Å². The van der Waals surface area contributed by atoms with E-state index in [-0.39, 0.29) is 5.91 Å². The highest BCUT2D eigenvalue weighted by Crippen LogP contribution is 2.18. The lowest BCUT2D eigenvalue weighted by molar-refractivity contribution is -0.129. The average molecular weight is 262 g/mol. The molecule has 1 saturated heterocycles. The van der Waals surface area contributed by atoms with Crippen molar-refractivity contribution in [2.45, 2.75) is 33.6 Å². The predicted octanol–water partition coefficient (Wildman–Crippen LogP) is 1.58. The molecule has 0 saturated carbocycles. The van der Waals surface area contributed by atoms with Crippen molar-refractivity contribution < 1.29 is 4.79 Å². The number of aromatic nitrogens is 2. The Labute approximate surface area is 114 Å². The minimum Gasteiger partial charge on any atom is -0.353 e. The molecule has 0 spiro atoms. The molecular formula is C14H22N4O. The highest BCUT2D eigenvalue weighted by atomic mass is 16.2. The molecule has 5 nitrogen and oxygen atoms in total. The number of piperazine rings is 1. The maximum atomic E-state index is 11.3. The van der Waals surface area contributed by atoms with Crippen molar-refractivity contribution in [3.05, 3.63) is 17.6 Å². The summed E-state index contributed by atoms with van der Waals surface area (Å²) in [5.74, 6) is 2.36. The van der Waals surface area contributed by atoms with Crippen LogP contribution < -0.4 is 4.90 Å². The maximum absolute atomic E-state index is 11.3. The molecule has 0 N–H and O–H groups in total. The Morgan fingerprint density at radius 2 is 1.84 bits per heavy atom. The highest BCUT2D eigenvalue weighted by Gasteiger charge is 2.20. The van der Waals surface area contributed by atoms with Gasteiger partial charge in [0.2, 0.25) is 5.91 Å². The van der Waals surface area contributed by atoms with E-state index >= 15 is 0 Å². The third kappa shape index (κ3) is 3.22. The van der Waals surface area contributed by atoms with Gasteiger partial charge in [0, 0.05) is 50.8 Å². The zero-order chi connectivity index (χ0) is 14.0. The quantitative estimate of drug-likeness (QED) is 0.812. The van der Waals surface area contributed by atoms with E-state index in [1.807, 2.05) is 17.9 Å². The van der Waals surface area contributed by atoms with Gasteiger partial charge in [-0.05, 0) is 6.92 Å². The smallest absolute Gasteiger partial charge is 0.219 e. The number of hydrogen-bond acceptors (Lipinski definition) is 4. The Bertz CT molecular complexity index is 465. The van der Waals surface area contributed by atoms with Crippen molar-refractivity contribution in [3.63, 3.8) is 0 Å². The monoisotopic (exact) mass is 262 g/mol. The van der Waals surface area contributed by atoms with Crippen LogP contribution in [0.5, 0.6) is 0 Å². The number of nitrogens with zero attached hydrogens (tertiary/aromatic N) is 4. The van der Waals surface area contributed by atoms with Crippen LogP contribution in [-0.2, 0) is 4.79 Å². The molecule has 104 valence electrons. The van der Waals surface area contributed by atoms with Gasteiger partial charge in [0.05, 0.1) is 0 Å². The van der Waals surface area contributed by atoms with Crippen molar-refractivity contribution in [1.82, 2.24) is 14.9 Å². The van der Waals surface area contributed by atoms with Crippen LogP contribution >= 0.6 is 0 Å². The van der Waals surface area contributed by atoms with E-state index in [9.17, 15) is 4.79 Å². The third-order valence-electron chi connectivity index (χ3n) is 3.42. The first-order valence-electron chi connectivity index (χ1n) is 6.83. The fourth-order valence-electron chi connectivity index (χ4n) is 2.25. The van der Waals surface area contributed by atoms with Gasteiger partial charge in [-0.25, -0.2) is 9.97 Å². The molecule has 19 heavy (non-hydrogen) atoms. The molecule has 5 heteroatoms. The van der Waals surface area contributed by atoms with Crippen LogP contribution in [0, 0.1) is 6.92 Å². The van der Waals surface area contributed by atoms with Gasteiger partial charge in [0.15, 0.2) is 0 Å². The van der Waals surface area contributed by atoms with Crippen LogP contribution in [0.2, 0.25) is 0 Å². The molecule has 1 aliphatic heterocycles. The van der Waals surface area contributed by atoms with Crippen LogP contribution in [0.3, 0.4) is 0 Å². The number of aryl methyl sites for hydroxylation is 1. The summed E-state index contributed by atoms with van der Waals surface area (Å²) in [5.41, 5.74) is 1.00. The molecule has 1 aliphatic rings. The van der Waals surface area contributed by atoms with Gasteiger partial charge in [-0.1, -0.05) is 13.8 Å². The summed E-state index contributed by atoms with van der Waals surface area (Å²) in [4.78, 5) is 24.5. The molecule has 0 bridgehead atoms. The van der Waals surface area contributed by atoms with Gasteiger partial charge in [0.1, 0.15) is 11.6 Å². The van der Waals surface area contributed by atoms with Crippen molar-refractivity contribution in [2.24, 2.45) is 0 Å². The Morgan fingerprint density at radius 1 is 1.21 bits per heavy atom. The van der Waals surface area contributed by atoms with E-state index in [2.05, 4.69) is 28.7 Å². The molecule has 1 amide bonds. The maximum Gasteiger partial charge on any atom is 0.219 e. The first-order chi connectivity index (χ1) is 8.97. The van der Waals surface area contributed by atoms with E-state index in [1.54, 1.807) is 6.92 Å². The van der Waals surface area contributed by atoms with Crippen LogP contribution in [-0.4, -0.2) is 47.0 Å². The summed E-state index contributed by atoms with van der Waals surface area (Å²) in [6, 6.07) is 2.02. The lowest BCUT2D eigenvalue weighted by atomic mass is 10.2. The number of amides is 1. The van der Waals surface area contributed by atoms with Gasteiger partial charge in [-0.3, -0.25) is 4.79 Å². The fourth-order valence-corrected chi connectivity index (χ4v) is 2.25. The number of rotatable bonds is 2. The minimum atomic E-state index is 0.154. The standard InChI is InChI=1S/C14H22N4O/c1-10(2)14-15-11(3)9-13(16-14)18-7-5-17(6-8-18)12(4)19/h9-10H,5-8H2,1-4H3. The van der Waals surface area contributed by atoms with E-state index < -0.39 is 0 Å². The van der Waals surface area contributed by atoms with Gasteiger partial charge in [-0.15, -0.1) is 0 Å². The Balaban J connectivity index is 2.13. The molecule has 1 aromatic heterocycles. The van der Waals surface area contributed by atoms with Gasteiger partial charge in [-0.2, -0.15) is 0 Å². The SMILES string of the molecule is CC(=O)N1CCN(c2cc(C)nc(C(C)C)n2)CC1. The van der Waals surface area contributed by atoms with Crippen LogP contribution in [0.25, 0.3) is 0 Å². The highest BCUT2D eigenvalue weighted by molar-refractivity contribution is 5.73. The van der Waals surface area contributed by atoms with E-state index in [0.29, 0.717) is 5.92 Å². The molecule has 0 aliphatic carbocycles. The van der Waals surface area contributed by atoms with Gasteiger partial charge >= 0.3 is 0 Å². The Hall–Kier alpha value is -1.65. The van der Waals surface area contributed by atoms with Crippen molar-refractivity contribution >= 4 is 11.7 Å². The Morgan fingerprint density at radius 3 is 2.37 bits per heavy atom. The molecule has 0 atom stereocenters. The van der Waals surface area contributed by atoms with Crippen LogP contribution in [0.1, 0.15) is 38.2 Å². The number of hydrogen-bond donors (Lipinski definition) is 0. The average Bonchev–Trinajstić information content (AvgIpc) is 2.38.